The molecule has 0 unspecified atom stereocenters. The van der Waals surface area contributed by atoms with Gasteiger partial charge in [-0.1, -0.05) is 5.16 Å². The largest absolute Gasteiger partial charge is 0.381 e. The van der Waals surface area contributed by atoms with Crippen molar-refractivity contribution in [2.75, 3.05) is 5.73 Å². The van der Waals surface area contributed by atoms with Crippen molar-refractivity contribution in [1.82, 2.24) is 5.16 Å². The van der Waals surface area contributed by atoms with E-state index in [2.05, 4.69) is 21.1 Å². The molecule has 1 heterocycles. The molecule has 0 aliphatic heterocycles. The Labute approximate surface area is 94.2 Å². The number of nitrogens with zero attached hydrogens (tertiary/aromatic N) is 1. The summed E-state index contributed by atoms with van der Waals surface area (Å²) in [4.78, 5) is 0. The van der Waals surface area contributed by atoms with Crippen LogP contribution in [0.5, 0.6) is 0 Å². The van der Waals surface area contributed by atoms with Crippen molar-refractivity contribution in [1.29, 1.82) is 0 Å². The van der Waals surface area contributed by atoms with Crippen molar-refractivity contribution in [3.63, 3.8) is 0 Å². The first-order valence-corrected chi connectivity index (χ1v) is 5.05. The minimum Gasteiger partial charge on any atom is -0.381 e. The lowest BCUT2D eigenvalue weighted by Crippen LogP contribution is -1.86. The standard InChI is InChI=1S/C10H8BrFN2O/c1-5-2-6(10(12)7(11)3-5)8-4-9(13)14-15-8/h2-4H,1H3,(H2,13,14). The van der Waals surface area contributed by atoms with Gasteiger partial charge in [-0.15, -0.1) is 0 Å². The fourth-order valence-electron chi connectivity index (χ4n) is 1.32. The number of anilines is 1. The second-order valence-corrected chi connectivity index (χ2v) is 4.08. The van der Waals surface area contributed by atoms with E-state index in [4.69, 9.17) is 10.3 Å². The molecule has 1 aromatic carbocycles. The summed E-state index contributed by atoms with van der Waals surface area (Å²) in [6.07, 6.45) is 0. The highest BCUT2D eigenvalue weighted by atomic mass is 79.9. The third-order valence-electron chi connectivity index (χ3n) is 1.97. The molecular formula is C10H8BrFN2O. The molecule has 0 aliphatic carbocycles. The average molecular weight is 271 g/mol. The third-order valence-corrected chi connectivity index (χ3v) is 2.54. The lowest BCUT2D eigenvalue weighted by Gasteiger charge is -2.02. The summed E-state index contributed by atoms with van der Waals surface area (Å²) in [6.45, 7) is 1.87. The van der Waals surface area contributed by atoms with Crippen LogP contribution in [-0.2, 0) is 0 Å². The second-order valence-electron chi connectivity index (χ2n) is 3.22. The average Bonchev–Trinajstić information content (AvgIpc) is 2.58. The summed E-state index contributed by atoms with van der Waals surface area (Å²) < 4.78 is 19.0. The van der Waals surface area contributed by atoms with E-state index in [1.807, 2.05) is 6.92 Å². The molecule has 0 saturated heterocycles. The Morgan fingerprint density at radius 3 is 2.73 bits per heavy atom. The van der Waals surface area contributed by atoms with Gasteiger partial charge >= 0.3 is 0 Å². The molecule has 15 heavy (non-hydrogen) atoms. The van der Waals surface area contributed by atoms with Gasteiger partial charge in [0.25, 0.3) is 0 Å². The molecule has 78 valence electrons. The zero-order valence-electron chi connectivity index (χ0n) is 7.92. The SMILES string of the molecule is Cc1cc(Br)c(F)c(-c2cc(N)no2)c1. The minimum absolute atomic E-state index is 0.238. The Hall–Kier alpha value is -1.36. The van der Waals surface area contributed by atoms with Crippen LogP contribution in [0.15, 0.2) is 27.2 Å². The summed E-state index contributed by atoms with van der Waals surface area (Å²) in [5.74, 6) is 0.188. The van der Waals surface area contributed by atoms with E-state index in [0.717, 1.165) is 5.56 Å². The van der Waals surface area contributed by atoms with Gasteiger partial charge in [0.2, 0.25) is 0 Å². The van der Waals surface area contributed by atoms with E-state index in [0.29, 0.717) is 15.8 Å². The number of hydrogen-bond acceptors (Lipinski definition) is 3. The predicted octanol–water partition coefficient (Wildman–Crippen LogP) is 3.13. The van der Waals surface area contributed by atoms with Crippen molar-refractivity contribution in [3.8, 4) is 11.3 Å². The first-order valence-electron chi connectivity index (χ1n) is 4.26. The molecule has 0 saturated carbocycles. The van der Waals surface area contributed by atoms with Crippen molar-refractivity contribution < 1.29 is 8.91 Å². The molecule has 1 aromatic heterocycles. The molecule has 2 aromatic rings. The molecule has 0 fully saturated rings. The number of benzene rings is 1. The van der Waals surface area contributed by atoms with E-state index in [1.165, 1.54) is 6.07 Å². The van der Waals surface area contributed by atoms with Gasteiger partial charge in [-0.2, -0.15) is 0 Å². The summed E-state index contributed by atoms with van der Waals surface area (Å²) in [5, 5.41) is 3.51. The maximum atomic E-state index is 13.7. The van der Waals surface area contributed by atoms with Crippen LogP contribution in [-0.4, -0.2) is 5.16 Å². The molecule has 2 rings (SSSR count). The van der Waals surface area contributed by atoms with Crippen LogP contribution in [0.1, 0.15) is 5.56 Å². The van der Waals surface area contributed by atoms with Crippen LogP contribution in [0.25, 0.3) is 11.3 Å². The quantitative estimate of drug-likeness (QED) is 0.866. The topological polar surface area (TPSA) is 52.0 Å². The number of nitrogens with two attached hydrogens (primary N) is 1. The molecule has 2 N–H and O–H groups in total. The molecule has 3 nitrogen and oxygen atoms in total. The van der Waals surface area contributed by atoms with E-state index in [1.54, 1.807) is 12.1 Å². The molecular weight excluding hydrogens is 263 g/mol. The highest BCUT2D eigenvalue weighted by Crippen LogP contribution is 2.30. The van der Waals surface area contributed by atoms with Gasteiger partial charge in [-0.3, -0.25) is 0 Å². The number of rotatable bonds is 1. The van der Waals surface area contributed by atoms with Crippen LogP contribution >= 0.6 is 15.9 Å². The summed E-state index contributed by atoms with van der Waals surface area (Å²) >= 11 is 3.13. The van der Waals surface area contributed by atoms with E-state index in [-0.39, 0.29) is 11.6 Å². The van der Waals surface area contributed by atoms with Gasteiger partial charge in [-0.05, 0) is 40.5 Å². The Morgan fingerprint density at radius 2 is 2.13 bits per heavy atom. The van der Waals surface area contributed by atoms with E-state index in [9.17, 15) is 4.39 Å². The fraction of sp³-hybridized carbons (Fsp3) is 0.100. The molecule has 5 heteroatoms. The number of halogens is 2. The van der Waals surface area contributed by atoms with Crippen LogP contribution in [0.2, 0.25) is 0 Å². The number of nitrogen functional groups attached to an aromatic ring is 1. The van der Waals surface area contributed by atoms with Gasteiger partial charge < -0.3 is 10.3 Å². The third kappa shape index (κ3) is 1.87. The van der Waals surface area contributed by atoms with E-state index >= 15 is 0 Å². The second kappa shape index (κ2) is 3.66. The van der Waals surface area contributed by atoms with E-state index < -0.39 is 0 Å². The van der Waals surface area contributed by atoms with Gasteiger partial charge in [0.1, 0.15) is 5.82 Å². The summed E-state index contributed by atoms with van der Waals surface area (Å²) in [5.41, 5.74) is 6.68. The molecule has 0 radical (unpaired) electrons. The Balaban J connectivity index is 2.62. The molecule has 0 spiro atoms. The minimum atomic E-state index is -0.378. The predicted molar refractivity (Wildman–Crippen MR) is 58.7 cm³/mol. The first-order chi connectivity index (χ1) is 7.08. The van der Waals surface area contributed by atoms with Crippen molar-refractivity contribution >= 4 is 21.7 Å². The maximum absolute atomic E-state index is 13.7. The van der Waals surface area contributed by atoms with Crippen molar-refractivity contribution in [3.05, 3.63) is 34.1 Å². The number of aromatic nitrogens is 1. The highest BCUT2D eigenvalue weighted by Gasteiger charge is 2.13. The molecule has 0 amide bonds. The number of aryl methyl sites for hydroxylation is 1. The molecule has 0 atom stereocenters. The molecule has 0 aliphatic rings. The van der Waals surface area contributed by atoms with Gasteiger partial charge in [-0.25, -0.2) is 4.39 Å². The van der Waals surface area contributed by atoms with Crippen LogP contribution < -0.4 is 5.73 Å². The van der Waals surface area contributed by atoms with Gasteiger partial charge in [0.05, 0.1) is 10.0 Å². The lowest BCUT2D eigenvalue weighted by molar-refractivity contribution is 0.433. The van der Waals surface area contributed by atoms with Crippen LogP contribution in [0.4, 0.5) is 10.2 Å². The number of hydrogen-bond donors (Lipinski definition) is 1. The molecule has 0 bridgehead atoms. The van der Waals surface area contributed by atoms with Crippen LogP contribution in [0, 0.1) is 12.7 Å². The van der Waals surface area contributed by atoms with Crippen molar-refractivity contribution in [2.24, 2.45) is 0 Å². The Kier molecular flexibility index (Phi) is 2.48. The van der Waals surface area contributed by atoms with Crippen LogP contribution in [0.3, 0.4) is 0 Å². The van der Waals surface area contributed by atoms with Gasteiger partial charge in [0.15, 0.2) is 11.6 Å². The van der Waals surface area contributed by atoms with Gasteiger partial charge in [0, 0.05) is 6.07 Å². The maximum Gasteiger partial charge on any atom is 0.172 e. The first kappa shape index (κ1) is 10.2. The zero-order chi connectivity index (χ0) is 11.0. The fourth-order valence-corrected chi connectivity index (χ4v) is 1.89. The zero-order valence-corrected chi connectivity index (χ0v) is 9.51. The smallest absolute Gasteiger partial charge is 0.172 e. The normalized spacial score (nSPS) is 10.6. The highest BCUT2D eigenvalue weighted by molar-refractivity contribution is 9.10. The van der Waals surface area contributed by atoms with Crippen molar-refractivity contribution in [2.45, 2.75) is 6.92 Å². The Morgan fingerprint density at radius 1 is 1.40 bits per heavy atom. The Bertz CT molecular complexity index is 510. The monoisotopic (exact) mass is 270 g/mol. The lowest BCUT2D eigenvalue weighted by atomic mass is 10.1. The summed E-state index contributed by atoms with van der Waals surface area (Å²) in [7, 11) is 0. The summed E-state index contributed by atoms with van der Waals surface area (Å²) in [6, 6.07) is 4.86.